The van der Waals surface area contributed by atoms with Crippen molar-refractivity contribution in [2.75, 3.05) is 0 Å². The van der Waals surface area contributed by atoms with Gasteiger partial charge in [0.15, 0.2) is 0 Å². The molecule has 2 aromatic carbocycles. The average Bonchev–Trinajstić information content (AvgIpc) is 2.97. The molecule has 0 atom stereocenters. The minimum atomic E-state index is -0.141. The minimum Gasteiger partial charge on any atom is -0.463 e. The van der Waals surface area contributed by atoms with Gasteiger partial charge in [0, 0.05) is 18.5 Å². The first kappa shape index (κ1) is 13.4. The van der Waals surface area contributed by atoms with Gasteiger partial charge in [-0.2, -0.15) is 0 Å². The number of hydrogen-bond donors (Lipinski definition) is 2. The Balaban J connectivity index is 1.74. The Labute approximate surface area is 122 Å². The number of hydrogen-bond acceptors (Lipinski definition) is 3. The van der Waals surface area contributed by atoms with Gasteiger partial charge in [0.2, 0.25) is 0 Å². The lowest BCUT2D eigenvalue weighted by Gasteiger charge is -2.06. The average molecular weight is 280 g/mol. The highest BCUT2D eigenvalue weighted by atomic mass is 16.3. The molecule has 1 heterocycles. The number of carbonyl (C=O) groups excluding carboxylic acids is 1. The van der Waals surface area contributed by atoms with Gasteiger partial charge in [-0.05, 0) is 17.2 Å². The van der Waals surface area contributed by atoms with E-state index in [1.54, 1.807) is 0 Å². The SMILES string of the molecule is NCc1cccc(CNC(=O)c2coc3ccccc23)c1. The number of benzene rings is 2. The predicted molar refractivity (Wildman–Crippen MR) is 81.7 cm³/mol. The zero-order chi connectivity index (χ0) is 14.7. The number of nitrogens with one attached hydrogen (secondary N) is 1. The van der Waals surface area contributed by atoms with E-state index in [0.29, 0.717) is 24.2 Å². The second kappa shape index (κ2) is 5.81. The van der Waals surface area contributed by atoms with Crippen molar-refractivity contribution in [2.24, 2.45) is 5.73 Å². The van der Waals surface area contributed by atoms with Crippen molar-refractivity contribution in [2.45, 2.75) is 13.1 Å². The molecule has 0 saturated carbocycles. The Morgan fingerprint density at radius 2 is 1.90 bits per heavy atom. The van der Waals surface area contributed by atoms with Gasteiger partial charge >= 0.3 is 0 Å². The van der Waals surface area contributed by atoms with Crippen molar-refractivity contribution in [3.05, 3.63) is 71.5 Å². The van der Waals surface area contributed by atoms with Crippen LogP contribution in [0.2, 0.25) is 0 Å². The summed E-state index contributed by atoms with van der Waals surface area (Å²) in [4.78, 5) is 12.3. The quantitative estimate of drug-likeness (QED) is 0.772. The molecule has 4 heteroatoms. The first-order chi connectivity index (χ1) is 10.3. The second-order valence-electron chi connectivity index (χ2n) is 4.85. The summed E-state index contributed by atoms with van der Waals surface area (Å²) in [6.45, 7) is 0.959. The summed E-state index contributed by atoms with van der Waals surface area (Å²) < 4.78 is 5.38. The van der Waals surface area contributed by atoms with Crippen molar-refractivity contribution in [3.8, 4) is 0 Å². The molecule has 0 bridgehead atoms. The molecule has 21 heavy (non-hydrogen) atoms. The molecule has 4 nitrogen and oxygen atoms in total. The van der Waals surface area contributed by atoms with Gasteiger partial charge in [0.1, 0.15) is 11.8 Å². The summed E-state index contributed by atoms with van der Waals surface area (Å²) in [5, 5.41) is 3.73. The summed E-state index contributed by atoms with van der Waals surface area (Å²) >= 11 is 0. The Morgan fingerprint density at radius 1 is 1.10 bits per heavy atom. The maximum atomic E-state index is 12.3. The number of para-hydroxylation sites is 1. The summed E-state index contributed by atoms with van der Waals surface area (Å²) in [6.07, 6.45) is 1.50. The van der Waals surface area contributed by atoms with Gasteiger partial charge in [0.25, 0.3) is 5.91 Å². The highest BCUT2D eigenvalue weighted by molar-refractivity contribution is 6.05. The van der Waals surface area contributed by atoms with Crippen LogP contribution >= 0.6 is 0 Å². The standard InChI is InChI=1S/C17H16N2O2/c18-9-12-4-3-5-13(8-12)10-19-17(20)15-11-21-16-7-2-1-6-14(15)16/h1-8,11H,9-10,18H2,(H,19,20). The molecule has 0 radical (unpaired) electrons. The number of carbonyl (C=O) groups is 1. The maximum Gasteiger partial charge on any atom is 0.255 e. The van der Waals surface area contributed by atoms with Gasteiger partial charge in [-0.1, -0.05) is 42.5 Å². The molecular weight excluding hydrogens is 264 g/mol. The first-order valence-corrected chi connectivity index (χ1v) is 6.80. The fraction of sp³-hybridized carbons (Fsp3) is 0.118. The van der Waals surface area contributed by atoms with Crippen molar-refractivity contribution < 1.29 is 9.21 Å². The molecule has 106 valence electrons. The van der Waals surface area contributed by atoms with Crippen molar-refractivity contribution in [1.29, 1.82) is 0 Å². The Hall–Kier alpha value is -2.59. The van der Waals surface area contributed by atoms with Crippen molar-refractivity contribution in [3.63, 3.8) is 0 Å². The molecular formula is C17H16N2O2. The largest absolute Gasteiger partial charge is 0.463 e. The molecule has 0 aliphatic rings. The molecule has 3 aromatic rings. The monoisotopic (exact) mass is 280 g/mol. The third-order valence-corrected chi connectivity index (χ3v) is 3.41. The van der Waals surface area contributed by atoms with E-state index >= 15 is 0 Å². The van der Waals surface area contributed by atoms with Crippen LogP contribution in [0.1, 0.15) is 21.5 Å². The summed E-state index contributed by atoms with van der Waals surface area (Å²) in [7, 11) is 0. The van der Waals surface area contributed by atoms with Crippen LogP contribution in [-0.2, 0) is 13.1 Å². The van der Waals surface area contributed by atoms with Gasteiger partial charge < -0.3 is 15.5 Å². The molecule has 0 fully saturated rings. The van der Waals surface area contributed by atoms with E-state index in [1.807, 2.05) is 48.5 Å². The molecule has 0 spiro atoms. The highest BCUT2D eigenvalue weighted by Crippen LogP contribution is 2.20. The Morgan fingerprint density at radius 3 is 2.76 bits per heavy atom. The third-order valence-electron chi connectivity index (χ3n) is 3.41. The molecule has 3 N–H and O–H groups in total. The van der Waals surface area contributed by atoms with Gasteiger partial charge in [-0.25, -0.2) is 0 Å². The van der Waals surface area contributed by atoms with Crippen LogP contribution in [0.5, 0.6) is 0 Å². The zero-order valence-electron chi connectivity index (χ0n) is 11.5. The summed E-state index contributed by atoms with van der Waals surface area (Å²) in [6, 6.07) is 15.4. The first-order valence-electron chi connectivity index (χ1n) is 6.80. The number of fused-ring (bicyclic) bond motifs is 1. The van der Waals surface area contributed by atoms with Gasteiger partial charge in [-0.3, -0.25) is 4.79 Å². The Kier molecular flexibility index (Phi) is 3.71. The van der Waals surface area contributed by atoms with Gasteiger partial charge in [0.05, 0.1) is 5.56 Å². The topological polar surface area (TPSA) is 68.3 Å². The van der Waals surface area contributed by atoms with Gasteiger partial charge in [-0.15, -0.1) is 0 Å². The number of nitrogens with two attached hydrogens (primary N) is 1. The molecule has 1 amide bonds. The van der Waals surface area contributed by atoms with Crippen LogP contribution in [0.15, 0.2) is 59.2 Å². The molecule has 1 aromatic heterocycles. The molecule has 0 aliphatic carbocycles. The van der Waals surface area contributed by atoms with Crippen LogP contribution in [0, 0.1) is 0 Å². The molecule has 0 unspecified atom stereocenters. The van der Waals surface area contributed by atoms with E-state index in [2.05, 4.69) is 5.32 Å². The van der Waals surface area contributed by atoms with E-state index in [0.717, 1.165) is 16.5 Å². The van der Waals surface area contributed by atoms with Crippen molar-refractivity contribution >= 4 is 16.9 Å². The van der Waals surface area contributed by atoms with E-state index < -0.39 is 0 Å². The highest BCUT2D eigenvalue weighted by Gasteiger charge is 2.12. The fourth-order valence-corrected chi connectivity index (χ4v) is 2.30. The minimum absolute atomic E-state index is 0.141. The fourth-order valence-electron chi connectivity index (χ4n) is 2.30. The number of rotatable bonds is 4. The number of furan rings is 1. The van der Waals surface area contributed by atoms with E-state index in [1.165, 1.54) is 6.26 Å². The van der Waals surface area contributed by atoms with Crippen LogP contribution in [-0.4, -0.2) is 5.91 Å². The summed E-state index contributed by atoms with van der Waals surface area (Å²) in [5.74, 6) is -0.141. The van der Waals surface area contributed by atoms with Crippen molar-refractivity contribution in [1.82, 2.24) is 5.32 Å². The third kappa shape index (κ3) is 2.80. The molecule has 3 rings (SSSR count). The van der Waals surface area contributed by atoms with Crippen LogP contribution < -0.4 is 11.1 Å². The predicted octanol–water partition coefficient (Wildman–Crippen LogP) is 2.82. The maximum absolute atomic E-state index is 12.3. The smallest absolute Gasteiger partial charge is 0.255 e. The lowest BCUT2D eigenvalue weighted by Crippen LogP contribution is -2.22. The number of amides is 1. The van der Waals surface area contributed by atoms with E-state index in [4.69, 9.17) is 10.2 Å². The molecule has 0 saturated heterocycles. The summed E-state index contributed by atoms with van der Waals surface area (Å²) in [5.41, 5.74) is 8.96. The van der Waals surface area contributed by atoms with Crippen LogP contribution in [0.25, 0.3) is 11.0 Å². The lowest BCUT2D eigenvalue weighted by atomic mass is 10.1. The van der Waals surface area contributed by atoms with Crippen LogP contribution in [0.3, 0.4) is 0 Å². The normalized spacial score (nSPS) is 10.7. The van der Waals surface area contributed by atoms with Crippen LogP contribution in [0.4, 0.5) is 0 Å². The lowest BCUT2D eigenvalue weighted by molar-refractivity contribution is 0.0951. The zero-order valence-corrected chi connectivity index (χ0v) is 11.5. The van der Waals surface area contributed by atoms with E-state index in [-0.39, 0.29) is 5.91 Å². The second-order valence-corrected chi connectivity index (χ2v) is 4.85. The van der Waals surface area contributed by atoms with E-state index in [9.17, 15) is 4.79 Å². The Bertz CT molecular complexity index is 777. The molecule has 0 aliphatic heterocycles.